The minimum Gasteiger partial charge on any atom is -0.362 e. The fourth-order valence-electron chi connectivity index (χ4n) is 3.71. The van der Waals surface area contributed by atoms with E-state index >= 15 is 0 Å². The van der Waals surface area contributed by atoms with E-state index in [2.05, 4.69) is 16.0 Å². The molecule has 2 heterocycles. The van der Waals surface area contributed by atoms with E-state index in [1.165, 1.54) is 0 Å². The van der Waals surface area contributed by atoms with Crippen LogP contribution < -0.4 is 16.0 Å². The van der Waals surface area contributed by atoms with Crippen LogP contribution in [0, 0.1) is 13.8 Å². The fraction of sp³-hybridized carbons (Fsp3) is 0.333. The number of rotatable bonds is 1. The van der Waals surface area contributed by atoms with Gasteiger partial charge in [-0.05, 0) is 38.1 Å². The normalized spacial score (nSPS) is 17.7. The lowest BCUT2D eigenvalue weighted by molar-refractivity contribution is 0.0852. The van der Waals surface area contributed by atoms with Gasteiger partial charge in [0.2, 0.25) is 0 Å². The van der Waals surface area contributed by atoms with Crippen molar-refractivity contribution in [1.82, 2.24) is 10.2 Å². The molecule has 0 aliphatic carbocycles. The summed E-state index contributed by atoms with van der Waals surface area (Å²) in [6.07, 6.45) is 1.32. The van der Waals surface area contributed by atoms with Crippen molar-refractivity contribution in [2.45, 2.75) is 32.4 Å². The zero-order valence-corrected chi connectivity index (χ0v) is 15.6. The molecule has 1 fully saturated rings. The third-order valence-electron chi connectivity index (χ3n) is 5.35. The van der Waals surface area contributed by atoms with Gasteiger partial charge in [-0.3, -0.25) is 4.79 Å². The van der Waals surface area contributed by atoms with Gasteiger partial charge in [0, 0.05) is 37.3 Å². The first kappa shape index (κ1) is 17.4. The topological polar surface area (TPSA) is 73.5 Å². The number of nitrogens with zero attached hydrogens (tertiary/aromatic N) is 1. The second kappa shape index (κ2) is 6.61. The van der Waals surface area contributed by atoms with E-state index in [0.29, 0.717) is 31.5 Å². The first-order valence-corrected chi connectivity index (χ1v) is 9.28. The third kappa shape index (κ3) is 3.47. The van der Waals surface area contributed by atoms with Gasteiger partial charge in [0.25, 0.3) is 5.91 Å². The average Bonchev–Trinajstić information content (AvgIpc) is 2.65. The maximum absolute atomic E-state index is 12.6. The fourth-order valence-corrected chi connectivity index (χ4v) is 3.71. The monoisotopic (exact) mass is 364 g/mol. The molecule has 1 saturated heterocycles. The summed E-state index contributed by atoms with van der Waals surface area (Å²) in [5, 5.41) is 9.56. The van der Waals surface area contributed by atoms with Crippen LogP contribution in [0.25, 0.3) is 0 Å². The van der Waals surface area contributed by atoms with E-state index in [-0.39, 0.29) is 11.9 Å². The molecule has 2 aromatic carbocycles. The molecule has 0 unspecified atom stereocenters. The Labute approximate surface area is 158 Å². The van der Waals surface area contributed by atoms with Crippen LogP contribution in [0.3, 0.4) is 0 Å². The van der Waals surface area contributed by atoms with Crippen LogP contribution in [0.5, 0.6) is 0 Å². The number of fused-ring (bicyclic) bond motifs is 1. The number of likely N-dealkylation sites (tertiary alicyclic amines) is 1. The minimum absolute atomic E-state index is 0.0509. The zero-order valence-electron chi connectivity index (χ0n) is 15.6. The molecule has 2 aliphatic heterocycles. The highest BCUT2D eigenvalue weighted by Gasteiger charge is 2.41. The standard InChI is InChI=1S/C21H24N4O2/c1-14-3-6-16(7-4-14)22-20(27)25-11-9-21(10-12-25)23-18-8-5-15(2)13-17(18)19(26)24-21/h3-8,13,23H,9-12H2,1-2H3,(H,22,27)(H,24,26). The van der Waals surface area contributed by atoms with E-state index in [9.17, 15) is 9.59 Å². The molecular weight excluding hydrogens is 340 g/mol. The highest BCUT2D eigenvalue weighted by molar-refractivity contribution is 6.02. The van der Waals surface area contributed by atoms with Crippen molar-refractivity contribution in [3.05, 3.63) is 59.2 Å². The lowest BCUT2D eigenvalue weighted by atomic mass is 9.92. The first-order chi connectivity index (χ1) is 12.9. The number of urea groups is 1. The summed E-state index contributed by atoms with van der Waals surface area (Å²) < 4.78 is 0. The largest absolute Gasteiger partial charge is 0.362 e. The zero-order chi connectivity index (χ0) is 19.0. The van der Waals surface area contributed by atoms with Crippen molar-refractivity contribution in [2.75, 3.05) is 23.7 Å². The van der Waals surface area contributed by atoms with Gasteiger partial charge in [0.05, 0.1) is 5.56 Å². The molecule has 140 valence electrons. The van der Waals surface area contributed by atoms with Gasteiger partial charge in [0.15, 0.2) is 0 Å². The number of hydrogen-bond donors (Lipinski definition) is 3. The maximum Gasteiger partial charge on any atom is 0.321 e. The molecule has 6 nitrogen and oxygen atoms in total. The molecule has 3 amide bonds. The summed E-state index contributed by atoms with van der Waals surface area (Å²) in [5.74, 6) is -0.0509. The molecular formula is C21H24N4O2. The molecule has 0 atom stereocenters. The summed E-state index contributed by atoms with van der Waals surface area (Å²) in [5.41, 5.74) is 4.06. The smallest absolute Gasteiger partial charge is 0.321 e. The van der Waals surface area contributed by atoms with E-state index in [4.69, 9.17) is 0 Å². The minimum atomic E-state index is -0.486. The molecule has 0 radical (unpaired) electrons. The Balaban J connectivity index is 1.41. The van der Waals surface area contributed by atoms with Gasteiger partial charge in [-0.15, -0.1) is 0 Å². The van der Waals surface area contributed by atoms with Gasteiger partial charge in [-0.1, -0.05) is 29.3 Å². The van der Waals surface area contributed by atoms with Gasteiger partial charge in [0.1, 0.15) is 5.66 Å². The lowest BCUT2D eigenvalue weighted by Gasteiger charge is -2.45. The summed E-state index contributed by atoms with van der Waals surface area (Å²) in [4.78, 5) is 26.9. The number of carbonyl (C=O) groups excluding carboxylic acids is 2. The molecule has 0 bridgehead atoms. The van der Waals surface area contributed by atoms with Gasteiger partial charge in [-0.2, -0.15) is 0 Å². The van der Waals surface area contributed by atoms with Crippen molar-refractivity contribution < 1.29 is 9.59 Å². The number of aryl methyl sites for hydroxylation is 2. The van der Waals surface area contributed by atoms with Gasteiger partial charge < -0.3 is 20.9 Å². The summed E-state index contributed by atoms with van der Waals surface area (Å²) in [7, 11) is 0. The van der Waals surface area contributed by atoms with Crippen LogP contribution in [-0.2, 0) is 0 Å². The van der Waals surface area contributed by atoms with Crippen molar-refractivity contribution >= 4 is 23.3 Å². The molecule has 2 aromatic rings. The number of hydrogen-bond acceptors (Lipinski definition) is 3. The Morgan fingerprint density at radius 1 is 1.00 bits per heavy atom. The predicted molar refractivity (Wildman–Crippen MR) is 106 cm³/mol. The van der Waals surface area contributed by atoms with Crippen LogP contribution in [0.2, 0.25) is 0 Å². The van der Waals surface area contributed by atoms with Crippen LogP contribution in [0.1, 0.15) is 34.3 Å². The Morgan fingerprint density at radius 3 is 2.37 bits per heavy atom. The molecule has 6 heteroatoms. The van der Waals surface area contributed by atoms with Gasteiger partial charge in [-0.25, -0.2) is 4.79 Å². The summed E-state index contributed by atoms with van der Waals surface area (Å²) in [6, 6.07) is 13.5. The summed E-state index contributed by atoms with van der Waals surface area (Å²) in [6.45, 7) is 5.14. The molecule has 1 spiro atoms. The Kier molecular flexibility index (Phi) is 4.26. The number of amides is 3. The van der Waals surface area contributed by atoms with Gasteiger partial charge >= 0.3 is 6.03 Å². The number of benzene rings is 2. The lowest BCUT2D eigenvalue weighted by Crippen LogP contribution is -2.63. The number of carbonyl (C=O) groups is 2. The van der Waals surface area contributed by atoms with E-state index in [1.807, 2.05) is 56.3 Å². The van der Waals surface area contributed by atoms with Crippen molar-refractivity contribution in [1.29, 1.82) is 0 Å². The number of anilines is 2. The Hall–Kier alpha value is -3.02. The van der Waals surface area contributed by atoms with Crippen LogP contribution >= 0.6 is 0 Å². The van der Waals surface area contributed by atoms with E-state index in [0.717, 1.165) is 22.5 Å². The molecule has 0 aromatic heterocycles. The van der Waals surface area contributed by atoms with Crippen molar-refractivity contribution in [3.8, 4) is 0 Å². The second-order valence-electron chi connectivity index (χ2n) is 7.49. The Bertz CT molecular complexity index is 884. The highest BCUT2D eigenvalue weighted by atomic mass is 16.2. The number of piperidine rings is 1. The van der Waals surface area contributed by atoms with E-state index in [1.54, 1.807) is 4.90 Å². The third-order valence-corrected chi connectivity index (χ3v) is 5.35. The quantitative estimate of drug-likeness (QED) is 0.725. The molecule has 2 aliphatic rings. The number of nitrogens with one attached hydrogen (secondary N) is 3. The first-order valence-electron chi connectivity index (χ1n) is 9.28. The molecule has 27 heavy (non-hydrogen) atoms. The van der Waals surface area contributed by atoms with E-state index < -0.39 is 5.66 Å². The maximum atomic E-state index is 12.6. The summed E-state index contributed by atoms with van der Waals surface area (Å²) >= 11 is 0. The SMILES string of the molecule is Cc1ccc(NC(=O)N2CCC3(CC2)NC(=O)c2cc(C)ccc2N3)cc1. The van der Waals surface area contributed by atoms with Crippen LogP contribution in [0.4, 0.5) is 16.2 Å². The highest BCUT2D eigenvalue weighted by Crippen LogP contribution is 2.32. The van der Waals surface area contributed by atoms with Crippen molar-refractivity contribution in [2.24, 2.45) is 0 Å². The average molecular weight is 364 g/mol. The van der Waals surface area contributed by atoms with Crippen molar-refractivity contribution in [3.63, 3.8) is 0 Å². The predicted octanol–water partition coefficient (Wildman–Crippen LogP) is 3.48. The van der Waals surface area contributed by atoms with Crippen LogP contribution in [-0.4, -0.2) is 35.6 Å². The molecule has 0 saturated carbocycles. The Morgan fingerprint density at radius 2 is 1.67 bits per heavy atom. The molecule has 3 N–H and O–H groups in total. The van der Waals surface area contributed by atoms with Crippen LogP contribution in [0.15, 0.2) is 42.5 Å². The molecule has 4 rings (SSSR count). The second-order valence-corrected chi connectivity index (χ2v) is 7.49.